The van der Waals surface area contributed by atoms with Gasteiger partial charge in [-0.15, -0.1) is 0 Å². The smallest absolute Gasteiger partial charge is 0.0487 e. The van der Waals surface area contributed by atoms with Crippen LogP contribution in [0.2, 0.25) is 0 Å². The molecular weight excluding hydrogens is 172 g/mol. The summed E-state index contributed by atoms with van der Waals surface area (Å²) < 4.78 is 0. The fourth-order valence-electron chi connectivity index (χ4n) is 1.60. The van der Waals surface area contributed by atoms with Crippen molar-refractivity contribution in [3.05, 3.63) is 35.9 Å². The number of benzene rings is 1. The van der Waals surface area contributed by atoms with Crippen LogP contribution in [0.15, 0.2) is 30.3 Å². The maximum Gasteiger partial charge on any atom is 0.0487 e. The van der Waals surface area contributed by atoms with Crippen LogP contribution < -0.4 is 11.3 Å². The maximum atomic E-state index is 5.59. The van der Waals surface area contributed by atoms with Gasteiger partial charge in [0.15, 0.2) is 0 Å². The van der Waals surface area contributed by atoms with Gasteiger partial charge < -0.3 is 0 Å². The Bertz CT molecular complexity index is 256. The molecule has 1 aromatic carbocycles. The predicted octanol–water partition coefficient (Wildman–Crippen LogP) is 2.48. The van der Waals surface area contributed by atoms with Crippen molar-refractivity contribution in [3.8, 4) is 0 Å². The highest BCUT2D eigenvalue weighted by Crippen LogP contribution is 2.26. The van der Waals surface area contributed by atoms with Crippen molar-refractivity contribution in [2.24, 2.45) is 17.7 Å². The van der Waals surface area contributed by atoms with E-state index in [-0.39, 0.29) is 6.04 Å². The molecule has 1 rings (SSSR count). The summed E-state index contributed by atoms with van der Waals surface area (Å²) >= 11 is 0. The number of hydrazine groups is 1. The second kappa shape index (κ2) is 5.13. The lowest BCUT2D eigenvalue weighted by Crippen LogP contribution is -2.34. The van der Waals surface area contributed by atoms with Crippen molar-refractivity contribution in [1.82, 2.24) is 5.43 Å². The van der Waals surface area contributed by atoms with Crippen molar-refractivity contribution >= 4 is 0 Å². The van der Waals surface area contributed by atoms with Crippen LogP contribution in [0, 0.1) is 11.8 Å². The molecule has 0 aliphatic heterocycles. The highest BCUT2D eigenvalue weighted by molar-refractivity contribution is 5.19. The normalized spacial score (nSPS) is 15.5. The minimum atomic E-state index is 0.246. The van der Waals surface area contributed by atoms with Crippen LogP contribution in [0.1, 0.15) is 32.4 Å². The zero-order valence-electron chi connectivity index (χ0n) is 9.20. The van der Waals surface area contributed by atoms with Crippen molar-refractivity contribution in [1.29, 1.82) is 0 Å². The van der Waals surface area contributed by atoms with Gasteiger partial charge in [-0.05, 0) is 17.4 Å². The molecule has 0 bridgehead atoms. The summed E-state index contributed by atoms with van der Waals surface area (Å²) in [5.74, 6) is 6.75. The maximum absolute atomic E-state index is 5.59. The lowest BCUT2D eigenvalue weighted by molar-refractivity contribution is 0.306. The Morgan fingerprint density at radius 2 is 1.64 bits per heavy atom. The molecule has 0 heterocycles. The van der Waals surface area contributed by atoms with Gasteiger partial charge in [0.1, 0.15) is 0 Å². The molecule has 0 aliphatic carbocycles. The third kappa shape index (κ3) is 2.56. The number of nitrogens with one attached hydrogen (secondary N) is 1. The Labute approximate surface area is 86.5 Å². The fraction of sp³-hybridized carbons (Fsp3) is 0.500. The molecule has 0 aliphatic rings. The van der Waals surface area contributed by atoms with Crippen LogP contribution in [-0.2, 0) is 0 Å². The van der Waals surface area contributed by atoms with Gasteiger partial charge >= 0.3 is 0 Å². The molecule has 14 heavy (non-hydrogen) atoms. The fourth-order valence-corrected chi connectivity index (χ4v) is 1.60. The van der Waals surface area contributed by atoms with E-state index in [4.69, 9.17) is 5.84 Å². The number of rotatable bonds is 4. The lowest BCUT2D eigenvalue weighted by atomic mass is 9.86. The van der Waals surface area contributed by atoms with Crippen molar-refractivity contribution in [3.63, 3.8) is 0 Å². The number of hydrogen-bond acceptors (Lipinski definition) is 2. The van der Waals surface area contributed by atoms with Gasteiger partial charge in [-0.2, -0.15) is 0 Å². The van der Waals surface area contributed by atoms with Crippen LogP contribution in [0.3, 0.4) is 0 Å². The summed E-state index contributed by atoms with van der Waals surface area (Å²) in [6, 6.07) is 10.6. The summed E-state index contributed by atoms with van der Waals surface area (Å²) in [5, 5.41) is 0. The minimum Gasteiger partial charge on any atom is -0.271 e. The summed E-state index contributed by atoms with van der Waals surface area (Å²) in [6.07, 6.45) is 0. The van der Waals surface area contributed by atoms with Crippen molar-refractivity contribution < 1.29 is 0 Å². The van der Waals surface area contributed by atoms with E-state index < -0.39 is 0 Å². The first-order valence-electron chi connectivity index (χ1n) is 5.18. The Balaban J connectivity index is 2.82. The quantitative estimate of drug-likeness (QED) is 0.568. The molecule has 3 N–H and O–H groups in total. The Kier molecular flexibility index (Phi) is 4.11. The molecule has 0 radical (unpaired) electrons. The summed E-state index contributed by atoms with van der Waals surface area (Å²) in [7, 11) is 0. The SMILES string of the molecule is CC(C)C(C)C(NN)c1ccccc1. The minimum absolute atomic E-state index is 0.246. The molecule has 0 aromatic heterocycles. The molecule has 0 saturated carbocycles. The molecule has 0 amide bonds. The first-order chi connectivity index (χ1) is 6.66. The van der Waals surface area contributed by atoms with Crippen LogP contribution >= 0.6 is 0 Å². The van der Waals surface area contributed by atoms with Gasteiger partial charge in [-0.1, -0.05) is 51.1 Å². The van der Waals surface area contributed by atoms with Crippen LogP contribution in [0.5, 0.6) is 0 Å². The molecule has 2 atom stereocenters. The molecule has 0 fully saturated rings. The van der Waals surface area contributed by atoms with E-state index in [2.05, 4.69) is 38.3 Å². The molecule has 1 aromatic rings. The summed E-state index contributed by atoms with van der Waals surface area (Å²) in [5.41, 5.74) is 4.16. The average Bonchev–Trinajstić information content (AvgIpc) is 2.20. The summed E-state index contributed by atoms with van der Waals surface area (Å²) in [6.45, 7) is 6.66. The molecular formula is C12H20N2. The molecule has 2 heteroatoms. The van der Waals surface area contributed by atoms with E-state index in [0.29, 0.717) is 11.8 Å². The molecule has 2 nitrogen and oxygen atoms in total. The van der Waals surface area contributed by atoms with Crippen LogP contribution in [0.25, 0.3) is 0 Å². The topological polar surface area (TPSA) is 38.0 Å². The third-order valence-electron chi connectivity index (χ3n) is 2.92. The van der Waals surface area contributed by atoms with Gasteiger partial charge in [0.2, 0.25) is 0 Å². The molecule has 0 spiro atoms. The standard InChI is InChI=1S/C12H20N2/c1-9(2)10(3)12(14-13)11-7-5-4-6-8-11/h4-10,12,14H,13H2,1-3H3. The van der Waals surface area contributed by atoms with E-state index >= 15 is 0 Å². The van der Waals surface area contributed by atoms with E-state index in [1.165, 1.54) is 5.56 Å². The second-order valence-corrected chi connectivity index (χ2v) is 4.16. The average molecular weight is 192 g/mol. The zero-order chi connectivity index (χ0) is 10.6. The Morgan fingerprint density at radius 3 is 2.07 bits per heavy atom. The van der Waals surface area contributed by atoms with Gasteiger partial charge in [-0.25, -0.2) is 0 Å². The van der Waals surface area contributed by atoms with Crippen molar-refractivity contribution in [2.45, 2.75) is 26.8 Å². The number of hydrogen-bond donors (Lipinski definition) is 2. The number of nitrogens with two attached hydrogens (primary N) is 1. The summed E-state index contributed by atoms with van der Waals surface area (Å²) in [4.78, 5) is 0. The van der Waals surface area contributed by atoms with Gasteiger partial charge in [0.05, 0.1) is 0 Å². The molecule has 2 unspecified atom stereocenters. The largest absolute Gasteiger partial charge is 0.271 e. The Hall–Kier alpha value is -0.860. The van der Waals surface area contributed by atoms with E-state index in [0.717, 1.165) is 0 Å². The molecule has 0 saturated heterocycles. The van der Waals surface area contributed by atoms with E-state index in [9.17, 15) is 0 Å². The zero-order valence-corrected chi connectivity index (χ0v) is 9.20. The highest BCUT2D eigenvalue weighted by atomic mass is 15.2. The van der Waals surface area contributed by atoms with Gasteiger partial charge in [0, 0.05) is 6.04 Å². The highest BCUT2D eigenvalue weighted by Gasteiger charge is 2.20. The molecule has 78 valence electrons. The lowest BCUT2D eigenvalue weighted by Gasteiger charge is -2.26. The van der Waals surface area contributed by atoms with E-state index in [1.54, 1.807) is 0 Å². The first-order valence-corrected chi connectivity index (χ1v) is 5.18. The third-order valence-corrected chi connectivity index (χ3v) is 2.92. The monoisotopic (exact) mass is 192 g/mol. The van der Waals surface area contributed by atoms with Gasteiger partial charge in [0.25, 0.3) is 0 Å². The van der Waals surface area contributed by atoms with Crippen LogP contribution in [0.4, 0.5) is 0 Å². The second-order valence-electron chi connectivity index (χ2n) is 4.16. The Morgan fingerprint density at radius 1 is 1.07 bits per heavy atom. The predicted molar refractivity (Wildman–Crippen MR) is 60.5 cm³/mol. The van der Waals surface area contributed by atoms with Crippen LogP contribution in [-0.4, -0.2) is 0 Å². The van der Waals surface area contributed by atoms with E-state index in [1.807, 2.05) is 18.2 Å². The van der Waals surface area contributed by atoms with Gasteiger partial charge in [-0.3, -0.25) is 11.3 Å². The first kappa shape index (κ1) is 11.2. The van der Waals surface area contributed by atoms with Crippen molar-refractivity contribution in [2.75, 3.05) is 0 Å².